The molecule has 1 amide bonds. The Kier molecular flexibility index (Phi) is 6.80. The number of nitrogens with one attached hydrogen (secondary N) is 1. The number of carbonyl (C=O) groups is 1. The molecule has 0 aromatic heterocycles. The van der Waals surface area contributed by atoms with E-state index in [0.717, 1.165) is 43.1 Å². The number of anilines is 1. The van der Waals surface area contributed by atoms with E-state index in [1.54, 1.807) is 0 Å². The van der Waals surface area contributed by atoms with Crippen LogP contribution in [0.2, 0.25) is 0 Å². The van der Waals surface area contributed by atoms with E-state index in [-0.39, 0.29) is 30.6 Å². The molecule has 0 spiro atoms. The van der Waals surface area contributed by atoms with Gasteiger partial charge in [-0.15, -0.1) is 0 Å². The predicted octanol–water partition coefficient (Wildman–Crippen LogP) is 1.74. The van der Waals surface area contributed by atoms with E-state index in [1.807, 2.05) is 26.2 Å². The lowest BCUT2D eigenvalue weighted by Gasteiger charge is -2.37. The summed E-state index contributed by atoms with van der Waals surface area (Å²) in [6.07, 6.45) is 4.07. The number of aliphatic hydroxyl groups excluding tert-OH is 1. The van der Waals surface area contributed by atoms with Gasteiger partial charge in [-0.25, -0.2) is 0 Å². The summed E-state index contributed by atoms with van der Waals surface area (Å²) in [6, 6.07) is 6.20. The van der Waals surface area contributed by atoms with Gasteiger partial charge in [0.15, 0.2) is 0 Å². The van der Waals surface area contributed by atoms with Crippen LogP contribution in [-0.2, 0) is 9.53 Å². The SMILES string of the molecule is CN(C)c1ccc2c(c1)[C@@H]1C[C@@H](CC(=O)NCCN3CCCCC3)O[C@H](CO)[C@@H]1O2. The van der Waals surface area contributed by atoms with Gasteiger partial charge in [-0.2, -0.15) is 0 Å². The Bertz CT molecular complexity index is 735. The molecule has 1 aromatic rings. The standard InChI is InChI=1S/C23H35N3O4/c1-25(2)16-6-7-20-18(12-16)19-13-17(29-21(15-27)23(19)30-20)14-22(28)24-8-11-26-9-4-3-5-10-26/h6-7,12,17,19,21,23,27H,3-5,8-11,13-15H2,1-2H3,(H,24,28)/t17-,19-,21+,23+/m0/s1. The fraction of sp³-hybridized carbons (Fsp3) is 0.696. The molecule has 3 heterocycles. The molecule has 4 rings (SSSR count). The molecule has 0 radical (unpaired) electrons. The second kappa shape index (κ2) is 9.54. The van der Waals surface area contributed by atoms with E-state index < -0.39 is 6.10 Å². The van der Waals surface area contributed by atoms with Crippen molar-refractivity contribution in [2.75, 3.05) is 51.8 Å². The largest absolute Gasteiger partial charge is 0.487 e. The first-order valence-corrected chi connectivity index (χ1v) is 11.3. The number of likely N-dealkylation sites (tertiary alicyclic amines) is 1. The maximum atomic E-state index is 12.5. The van der Waals surface area contributed by atoms with Gasteiger partial charge in [0.25, 0.3) is 0 Å². The van der Waals surface area contributed by atoms with Crippen molar-refractivity contribution in [2.45, 2.75) is 56.3 Å². The van der Waals surface area contributed by atoms with E-state index >= 15 is 0 Å². The first kappa shape index (κ1) is 21.4. The summed E-state index contributed by atoms with van der Waals surface area (Å²) in [5.74, 6) is 1.02. The van der Waals surface area contributed by atoms with Gasteiger partial charge >= 0.3 is 0 Å². The van der Waals surface area contributed by atoms with Crippen LogP contribution in [0.25, 0.3) is 0 Å². The molecule has 2 fully saturated rings. The van der Waals surface area contributed by atoms with Gasteiger partial charge in [-0.1, -0.05) is 6.42 Å². The van der Waals surface area contributed by atoms with Crippen LogP contribution in [0.5, 0.6) is 5.75 Å². The Morgan fingerprint density at radius 3 is 2.80 bits per heavy atom. The van der Waals surface area contributed by atoms with Gasteiger partial charge in [0.1, 0.15) is 18.0 Å². The molecule has 30 heavy (non-hydrogen) atoms. The van der Waals surface area contributed by atoms with E-state index in [2.05, 4.69) is 21.2 Å². The number of amides is 1. The fourth-order valence-corrected chi connectivity index (χ4v) is 4.97. The second-order valence-corrected chi connectivity index (χ2v) is 8.98. The van der Waals surface area contributed by atoms with Crippen molar-refractivity contribution >= 4 is 11.6 Å². The molecule has 0 unspecified atom stereocenters. The number of carbonyl (C=O) groups excluding carboxylic acids is 1. The molecule has 3 aliphatic rings. The summed E-state index contributed by atoms with van der Waals surface area (Å²) in [7, 11) is 4.04. The Hall–Kier alpha value is -1.83. The molecule has 7 heteroatoms. The fourth-order valence-electron chi connectivity index (χ4n) is 4.97. The van der Waals surface area contributed by atoms with E-state index in [4.69, 9.17) is 9.47 Å². The lowest BCUT2D eigenvalue weighted by Crippen LogP contribution is -2.47. The molecule has 0 saturated carbocycles. The van der Waals surface area contributed by atoms with E-state index in [1.165, 1.54) is 19.3 Å². The Labute approximate surface area is 179 Å². The smallest absolute Gasteiger partial charge is 0.222 e. The van der Waals surface area contributed by atoms with Gasteiger partial charge in [-0.05, 0) is 50.6 Å². The van der Waals surface area contributed by atoms with Crippen LogP contribution < -0.4 is 15.0 Å². The van der Waals surface area contributed by atoms with Crippen molar-refractivity contribution in [3.63, 3.8) is 0 Å². The number of aliphatic hydroxyl groups is 1. The van der Waals surface area contributed by atoms with Crippen molar-refractivity contribution < 1.29 is 19.4 Å². The number of piperidine rings is 1. The normalized spacial score (nSPS) is 28.4. The molecule has 4 atom stereocenters. The lowest BCUT2D eigenvalue weighted by molar-refractivity contribution is -0.142. The van der Waals surface area contributed by atoms with Crippen molar-refractivity contribution in [3.8, 4) is 5.75 Å². The highest BCUT2D eigenvalue weighted by Gasteiger charge is 2.46. The van der Waals surface area contributed by atoms with Gasteiger partial charge < -0.3 is 29.7 Å². The van der Waals surface area contributed by atoms with Crippen molar-refractivity contribution in [1.82, 2.24) is 10.2 Å². The number of fused-ring (bicyclic) bond motifs is 3. The third kappa shape index (κ3) is 4.74. The monoisotopic (exact) mass is 417 g/mol. The Morgan fingerprint density at radius 1 is 1.27 bits per heavy atom. The highest BCUT2D eigenvalue weighted by Crippen LogP contribution is 2.47. The second-order valence-electron chi connectivity index (χ2n) is 8.98. The topological polar surface area (TPSA) is 74.3 Å². The highest BCUT2D eigenvalue weighted by molar-refractivity contribution is 5.76. The van der Waals surface area contributed by atoms with Gasteiger partial charge in [-0.3, -0.25) is 4.79 Å². The van der Waals surface area contributed by atoms with Gasteiger partial charge in [0.2, 0.25) is 5.91 Å². The average molecular weight is 418 g/mol. The third-order valence-electron chi connectivity index (χ3n) is 6.61. The highest BCUT2D eigenvalue weighted by atomic mass is 16.6. The molecular weight excluding hydrogens is 382 g/mol. The summed E-state index contributed by atoms with van der Waals surface area (Å²) in [6.45, 7) is 3.76. The first-order valence-electron chi connectivity index (χ1n) is 11.3. The van der Waals surface area contributed by atoms with Crippen molar-refractivity contribution in [3.05, 3.63) is 23.8 Å². The molecule has 3 aliphatic heterocycles. The molecule has 7 nitrogen and oxygen atoms in total. The predicted molar refractivity (Wildman–Crippen MR) is 116 cm³/mol. The zero-order chi connectivity index (χ0) is 21.1. The molecule has 2 N–H and O–H groups in total. The van der Waals surface area contributed by atoms with Gasteiger partial charge in [0, 0.05) is 44.4 Å². The first-order chi connectivity index (χ1) is 14.5. The summed E-state index contributed by atoms with van der Waals surface area (Å²) in [5, 5.41) is 12.9. The van der Waals surface area contributed by atoms with Crippen LogP contribution in [0.3, 0.4) is 0 Å². The molecule has 2 saturated heterocycles. The minimum Gasteiger partial charge on any atom is -0.487 e. The van der Waals surface area contributed by atoms with Crippen LogP contribution in [0.15, 0.2) is 18.2 Å². The molecule has 0 aliphatic carbocycles. The quantitative estimate of drug-likeness (QED) is 0.704. The van der Waals surface area contributed by atoms with Crippen LogP contribution >= 0.6 is 0 Å². The van der Waals surface area contributed by atoms with Crippen molar-refractivity contribution in [1.29, 1.82) is 0 Å². The number of hydrogen-bond acceptors (Lipinski definition) is 6. The number of rotatable bonds is 7. The number of hydrogen-bond donors (Lipinski definition) is 2. The third-order valence-corrected chi connectivity index (χ3v) is 6.61. The van der Waals surface area contributed by atoms with Crippen molar-refractivity contribution in [2.24, 2.45) is 0 Å². The number of ether oxygens (including phenoxy) is 2. The van der Waals surface area contributed by atoms with Crippen LogP contribution in [0, 0.1) is 0 Å². The minimum absolute atomic E-state index is 0.0216. The summed E-state index contributed by atoms with van der Waals surface area (Å²) < 4.78 is 12.2. The van der Waals surface area contributed by atoms with E-state index in [0.29, 0.717) is 13.0 Å². The maximum absolute atomic E-state index is 12.5. The van der Waals surface area contributed by atoms with E-state index in [9.17, 15) is 9.90 Å². The lowest BCUT2D eigenvalue weighted by atomic mass is 9.84. The zero-order valence-electron chi connectivity index (χ0n) is 18.2. The molecular formula is C23H35N3O4. The molecule has 1 aromatic carbocycles. The molecule has 166 valence electrons. The van der Waals surface area contributed by atoms with Crippen LogP contribution in [0.4, 0.5) is 5.69 Å². The van der Waals surface area contributed by atoms with Crippen LogP contribution in [-0.4, -0.2) is 81.1 Å². The Morgan fingerprint density at radius 2 is 2.07 bits per heavy atom. The maximum Gasteiger partial charge on any atom is 0.222 e. The zero-order valence-corrected chi connectivity index (χ0v) is 18.2. The Balaban J connectivity index is 1.35. The molecule has 0 bridgehead atoms. The summed E-state index contributed by atoms with van der Waals surface area (Å²) in [5.41, 5.74) is 2.28. The van der Waals surface area contributed by atoms with Crippen LogP contribution in [0.1, 0.15) is 43.6 Å². The minimum atomic E-state index is -0.412. The summed E-state index contributed by atoms with van der Waals surface area (Å²) >= 11 is 0. The van der Waals surface area contributed by atoms with Gasteiger partial charge in [0.05, 0.1) is 19.1 Å². The number of nitrogens with zero attached hydrogens (tertiary/aromatic N) is 2. The summed E-state index contributed by atoms with van der Waals surface area (Å²) in [4.78, 5) is 17.0. The average Bonchev–Trinajstić information content (AvgIpc) is 3.11. The number of benzene rings is 1.